The van der Waals surface area contributed by atoms with Gasteiger partial charge in [-0.15, -0.1) is 0 Å². The molecule has 1 fully saturated rings. The van der Waals surface area contributed by atoms with Gasteiger partial charge in [0.1, 0.15) is 5.82 Å². The number of amides is 1. The van der Waals surface area contributed by atoms with Crippen LogP contribution >= 0.6 is 11.8 Å². The molecule has 1 amide bonds. The molecule has 30 heavy (non-hydrogen) atoms. The van der Waals surface area contributed by atoms with Gasteiger partial charge < -0.3 is 21.3 Å². The van der Waals surface area contributed by atoms with Gasteiger partial charge in [-0.2, -0.15) is 11.8 Å². The monoisotopic (exact) mass is 437 g/mol. The number of nitrogens with two attached hydrogens (primary N) is 1. The first-order chi connectivity index (χ1) is 14.5. The molecule has 1 saturated heterocycles. The van der Waals surface area contributed by atoms with E-state index in [0.29, 0.717) is 6.54 Å². The highest BCUT2D eigenvalue weighted by Gasteiger charge is 2.22. The summed E-state index contributed by atoms with van der Waals surface area (Å²) in [5.74, 6) is 1.27. The number of hydrogen-bond acceptors (Lipinski definition) is 4. The van der Waals surface area contributed by atoms with Gasteiger partial charge in [0.15, 0.2) is 5.96 Å². The molecule has 0 aromatic heterocycles. The minimum Gasteiger partial charge on any atom is -0.369 e. The number of halogens is 1. The third kappa shape index (κ3) is 8.52. The molecular weight excluding hydrogens is 401 g/mol. The van der Waals surface area contributed by atoms with Gasteiger partial charge in [0.2, 0.25) is 5.91 Å². The molecule has 0 spiro atoms. The third-order valence-electron chi connectivity index (χ3n) is 5.40. The summed E-state index contributed by atoms with van der Waals surface area (Å²) in [7, 11) is 0. The van der Waals surface area contributed by atoms with E-state index in [1.807, 2.05) is 19.2 Å². The lowest BCUT2D eigenvalue weighted by atomic mass is 9.96. The zero-order chi connectivity index (χ0) is 21.8. The summed E-state index contributed by atoms with van der Waals surface area (Å²) in [6, 6.07) is 4.94. The van der Waals surface area contributed by atoms with Crippen LogP contribution in [-0.4, -0.2) is 55.7 Å². The van der Waals surface area contributed by atoms with Gasteiger partial charge in [0.25, 0.3) is 0 Å². The molecule has 0 unspecified atom stereocenters. The average Bonchev–Trinajstić information content (AvgIpc) is 2.73. The van der Waals surface area contributed by atoms with Crippen molar-refractivity contribution in [2.75, 3.05) is 39.0 Å². The first kappa shape index (κ1) is 24.5. The van der Waals surface area contributed by atoms with Crippen LogP contribution in [0.15, 0.2) is 23.2 Å². The van der Waals surface area contributed by atoms with Crippen LogP contribution in [0.3, 0.4) is 0 Å². The summed E-state index contributed by atoms with van der Waals surface area (Å²) in [5.41, 5.74) is 7.46. The smallest absolute Gasteiger partial charge is 0.220 e. The largest absolute Gasteiger partial charge is 0.369 e. The van der Waals surface area contributed by atoms with E-state index in [1.165, 1.54) is 6.07 Å². The van der Waals surface area contributed by atoms with E-state index in [-0.39, 0.29) is 17.6 Å². The van der Waals surface area contributed by atoms with Gasteiger partial charge in [-0.3, -0.25) is 4.79 Å². The van der Waals surface area contributed by atoms with Gasteiger partial charge >= 0.3 is 0 Å². The van der Waals surface area contributed by atoms with E-state index < -0.39 is 0 Å². The summed E-state index contributed by atoms with van der Waals surface area (Å²) in [5, 5.41) is 6.67. The lowest BCUT2D eigenvalue weighted by Crippen LogP contribution is -2.39. The maximum absolute atomic E-state index is 13.5. The van der Waals surface area contributed by atoms with Crippen LogP contribution in [0, 0.1) is 11.7 Å². The number of aliphatic imine (C=N–C) groups is 1. The number of likely N-dealkylation sites (tertiary alicyclic amines) is 1. The van der Waals surface area contributed by atoms with Crippen LogP contribution in [0.2, 0.25) is 0 Å². The molecule has 168 valence electrons. The van der Waals surface area contributed by atoms with E-state index >= 15 is 0 Å². The van der Waals surface area contributed by atoms with E-state index in [1.54, 1.807) is 17.8 Å². The number of unbranched alkanes of at least 4 members (excludes halogenated alkanes) is 1. The highest BCUT2D eigenvalue weighted by molar-refractivity contribution is 7.97. The van der Waals surface area contributed by atoms with Crippen molar-refractivity contribution in [2.24, 2.45) is 16.6 Å². The molecule has 0 aliphatic carbocycles. The number of guanidine groups is 1. The number of carbonyl (C=O) groups is 1. The van der Waals surface area contributed by atoms with Crippen LogP contribution in [0.1, 0.15) is 43.7 Å². The summed E-state index contributed by atoms with van der Waals surface area (Å²) < 4.78 is 13.5. The molecule has 1 aromatic carbocycles. The lowest BCUT2D eigenvalue weighted by Gasteiger charge is -2.30. The van der Waals surface area contributed by atoms with Crippen LogP contribution < -0.4 is 16.4 Å². The third-order valence-corrected chi connectivity index (χ3v) is 6.00. The van der Waals surface area contributed by atoms with Crippen molar-refractivity contribution in [3.63, 3.8) is 0 Å². The van der Waals surface area contributed by atoms with Crippen molar-refractivity contribution in [2.45, 2.75) is 44.9 Å². The molecule has 8 heteroatoms. The number of primary amides is 1. The molecule has 0 saturated carbocycles. The zero-order valence-electron chi connectivity index (χ0n) is 18.3. The standard InChI is InChI=1S/C22H36FN5OS/c1-3-25-22(27-15-18-6-7-20(23)14-19(18)16-30-2)26-10-4-5-11-28-12-8-17(9-13-28)21(24)29/h6-7,14,17H,3-5,8-13,15-16H2,1-2H3,(H2,24,29)(H2,25,26,27). The topological polar surface area (TPSA) is 82.8 Å². The molecule has 6 nitrogen and oxygen atoms in total. The van der Waals surface area contributed by atoms with E-state index in [0.717, 1.165) is 81.2 Å². The Kier molecular flexibility index (Phi) is 11.0. The van der Waals surface area contributed by atoms with Crippen LogP contribution in [0.5, 0.6) is 0 Å². The summed E-state index contributed by atoms with van der Waals surface area (Å²) in [6.45, 7) is 7.19. The Morgan fingerprint density at radius 2 is 2.03 bits per heavy atom. The minimum absolute atomic E-state index is 0.0550. The molecule has 2 rings (SSSR count). The van der Waals surface area contributed by atoms with E-state index in [4.69, 9.17) is 5.73 Å². The van der Waals surface area contributed by atoms with Gasteiger partial charge in [0.05, 0.1) is 6.54 Å². The van der Waals surface area contributed by atoms with Gasteiger partial charge in [-0.05, 0) is 81.8 Å². The summed E-state index contributed by atoms with van der Waals surface area (Å²) in [4.78, 5) is 18.3. The first-order valence-corrected chi connectivity index (χ1v) is 12.2. The van der Waals surface area contributed by atoms with E-state index in [9.17, 15) is 9.18 Å². The Morgan fingerprint density at radius 1 is 1.27 bits per heavy atom. The van der Waals surface area contributed by atoms with Crippen molar-refractivity contribution in [1.82, 2.24) is 15.5 Å². The van der Waals surface area contributed by atoms with Crippen molar-refractivity contribution >= 4 is 23.6 Å². The fourth-order valence-corrected chi connectivity index (χ4v) is 4.23. The second kappa shape index (κ2) is 13.5. The van der Waals surface area contributed by atoms with Crippen LogP contribution in [0.25, 0.3) is 0 Å². The van der Waals surface area contributed by atoms with Gasteiger partial charge in [0, 0.05) is 24.8 Å². The first-order valence-electron chi connectivity index (χ1n) is 10.8. The Bertz CT molecular complexity index is 692. The zero-order valence-corrected chi connectivity index (χ0v) is 19.1. The fraction of sp³-hybridized carbons (Fsp3) is 0.636. The average molecular weight is 438 g/mol. The highest BCUT2D eigenvalue weighted by Crippen LogP contribution is 2.18. The molecule has 4 N–H and O–H groups in total. The predicted molar refractivity (Wildman–Crippen MR) is 124 cm³/mol. The molecule has 1 aliphatic rings. The second-order valence-corrected chi connectivity index (χ2v) is 8.56. The number of nitrogens with zero attached hydrogens (tertiary/aromatic N) is 2. The van der Waals surface area contributed by atoms with E-state index in [2.05, 4.69) is 20.5 Å². The Morgan fingerprint density at radius 3 is 2.70 bits per heavy atom. The number of carbonyl (C=O) groups excluding carboxylic acids is 1. The molecule has 0 radical (unpaired) electrons. The number of piperidine rings is 1. The van der Waals surface area contributed by atoms with Crippen molar-refractivity contribution in [3.05, 3.63) is 35.1 Å². The number of thioether (sulfide) groups is 1. The van der Waals surface area contributed by atoms with Crippen LogP contribution in [0.4, 0.5) is 4.39 Å². The second-order valence-electron chi connectivity index (χ2n) is 7.69. The van der Waals surface area contributed by atoms with Crippen molar-refractivity contribution in [3.8, 4) is 0 Å². The minimum atomic E-state index is -0.198. The molecule has 0 atom stereocenters. The molecule has 1 aliphatic heterocycles. The molecular formula is C22H36FN5OS. The molecule has 0 bridgehead atoms. The Balaban J connectivity index is 1.73. The van der Waals surface area contributed by atoms with Gasteiger partial charge in [-0.25, -0.2) is 9.38 Å². The lowest BCUT2D eigenvalue weighted by molar-refractivity contribution is -0.123. The highest BCUT2D eigenvalue weighted by atomic mass is 32.2. The maximum atomic E-state index is 13.5. The summed E-state index contributed by atoms with van der Waals surface area (Å²) >= 11 is 1.68. The number of rotatable bonds is 11. The molecule has 1 aromatic rings. The van der Waals surface area contributed by atoms with Crippen molar-refractivity contribution in [1.29, 1.82) is 0 Å². The quantitative estimate of drug-likeness (QED) is 0.282. The Labute approximate surface area is 184 Å². The normalized spacial score (nSPS) is 15.9. The van der Waals surface area contributed by atoms with Crippen LogP contribution in [-0.2, 0) is 17.1 Å². The SMILES string of the molecule is CCNC(=NCc1ccc(F)cc1CSC)NCCCCN1CCC(C(N)=O)CC1. The number of nitrogens with one attached hydrogen (secondary N) is 2. The summed E-state index contributed by atoms with van der Waals surface area (Å²) in [6.07, 6.45) is 5.93. The van der Waals surface area contributed by atoms with Gasteiger partial charge in [-0.1, -0.05) is 6.07 Å². The predicted octanol–water partition coefficient (Wildman–Crippen LogP) is 2.72. The Hall–Kier alpha value is -1.80. The molecule has 1 heterocycles. The number of hydrogen-bond donors (Lipinski definition) is 3. The van der Waals surface area contributed by atoms with Crippen molar-refractivity contribution < 1.29 is 9.18 Å². The number of benzene rings is 1. The fourth-order valence-electron chi connectivity index (χ4n) is 3.65. The maximum Gasteiger partial charge on any atom is 0.220 e.